The van der Waals surface area contributed by atoms with Crippen molar-refractivity contribution in [2.45, 2.75) is 57.1 Å². The Kier molecular flexibility index (Phi) is 9.08. The van der Waals surface area contributed by atoms with Crippen LogP contribution in [0.1, 0.15) is 39.2 Å². The lowest BCUT2D eigenvalue weighted by Gasteiger charge is -2.31. The summed E-state index contributed by atoms with van der Waals surface area (Å²) >= 11 is 1.50. The highest BCUT2D eigenvalue weighted by atomic mass is 32.2. The fourth-order valence-corrected chi connectivity index (χ4v) is 3.69. The number of hydrogen-bond acceptors (Lipinski definition) is 3. The molecule has 2 rings (SSSR count). The molecule has 0 unspecified atom stereocenters. The average molecular weight is 399 g/mol. The first-order valence-corrected chi connectivity index (χ1v) is 10.8. The Labute approximate surface area is 172 Å². The van der Waals surface area contributed by atoms with Gasteiger partial charge in [-0.2, -0.15) is 0 Å². The van der Waals surface area contributed by atoms with Gasteiger partial charge < -0.3 is 10.2 Å². The Bertz CT molecular complexity index is 737. The number of rotatable bonds is 10. The maximum atomic E-state index is 13.1. The molecule has 5 heteroatoms. The third-order valence-electron chi connectivity index (χ3n) is 4.69. The van der Waals surface area contributed by atoms with Crippen LogP contribution in [0, 0.1) is 0 Å². The number of thioether (sulfide) groups is 1. The van der Waals surface area contributed by atoms with Gasteiger partial charge in [0, 0.05) is 17.5 Å². The van der Waals surface area contributed by atoms with Crippen LogP contribution < -0.4 is 5.32 Å². The van der Waals surface area contributed by atoms with E-state index in [1.54, 1.807) is 4.90 Å². The van der Waals surface area contributed by atoms with Gasteiger partial charge in [-0.05, 0) is 37.5 Å². The number of nitrogens with one attached hydrogen (secondary N) is 1. The summed E-state index contributed by atoms with van der Waals surface area (Å²) < 4.78 is 0. The Hall–Kier alpha value is -2.27. The minimum Gasteiger partial charge on any atom is -0.352 e. The van der Waals surface area contributed by atoms with Crippen molar-refractivity contribution >= 4 is 23.6 Å². The van der Waals surface area contributed by atoms with E-state index in [1.165, 1.54) is 11.8 Å². The first-order chi connectivity index (χ1) is 13.5. The van der Waals surface area contributed by atoms with Crippen LogP contribution in [0.4, 0.5) is 0 Å². The molecular weight excluding hydrogens is 368 g/mol. The van der Waals surface area contributed by atoms with Crippen molar-refractivity contribution < 1.29 is 9.59 Å². The van der Waals surface area contributed by atoms with E-state index < -0.39 is 6.04 Å². The summed E-state index contributed by atoms with van der Waals surface area (Å²) in [5.41, 5.74) is 1.02. The SMILES string of the molecule is CC[C@H](C)NC(=O)[C@H](CC)N(Cc1ccccc1)C(=O)CSc1ccccc1. The van der Waals surface area contributed by atoms with Crippen molar-refractivity contribution in [3.05, 3.63) is 66.2 Å². The van der Waals surface area contributed by atoms with E-state index in [1.807, 2.05) is 81.4 Å². The molecule has 0 aromatic heterocycles. The van der Waals surface area contributed by atoms with Gasteiger partial charge in [0.05, 0.1) is 5.75 Å². The highest BCUT2D eigenvalue weighted by molar-refractivity contribution is 8.00. The Morgan fingerprint density at radius 1 is 0.964 bits per heavy atom. The Balaban J connectivity index is 2.16. The maximum Gasteiger partial charge on any atom is 0.243 e. The average Bonchev–Trinajstić information content (AvgIpc) is 2.73. The number of hydrogen-bond donors (Lipinski definition) is 1. The third kappa shape index (κ3) is 6.71. The quantitative estimate of drug-likeness (QED) is 0.600. The summed E-state index contributed by atoms with van der Waals surface area (Å²) in [7, 11) is 0. The topological polar surface area (TPSA) is 49.4 Å². The molecule has 0 radical (unpaired) electrons. The number of benzene rings is 2. The summed E-state index contributed by atoms with van der Waals surface area (Å²) in [6.45, 7) is 6.41. The van der Waals surface area contributed by atoms with Crippen LogP contribution in [0.25, 0.3) is 0 Å². The predicted octanol–water partition coefficient (Wildman–Crippen LogP) is 4.50. The van der Waals surface area contributed by atoms with Crippen LogP contribution >= 0.6 is 11.8 Å². The molecule has 2 amide bonds. The van der Waals surface area contributed by atoms with E-state index in [0.717, 1.165) is 16.9 Å². The molecule has 0 aliphatic rings. The Morgan fingerprint density at radius 3 is 2.14 bits per heavy atom. The fourth-order valence-electron chi connectivity index (χ4n) is 2.89. The van der Waals surface area contributed by atoms with Gasteiger partial charge in [0.2, 0.25) is 11.8 Å². The molecule has 150 valence electrons. The smallest absolute Gasteiger partial charge is 0.243 e. The molecule has 0 saturated carbocycles. The lowest BCUT2D eigenvalue weighted by atomic mass is 10.1. The van der Waals surface area contributed by atoms with Gasteiger partial charge in [0.25, 0.3) is 0 Å². The van der Waals surface area contributed by atoms with Crippen LogP contribution in [0.3, 0.4) is 0 Å². The van der Waals surface area contributed by atoms with E-state index in [9.17, 15) is 9.59 Å². The van der Waals surface area contributed by atoms with E-state index >= 15 is 0 Å². The number of amides is 2. The van der Waals surface area contributed by atoms with Crippen molar-refractivity contribution in [2.24, 2.45) is 0 Å². The van der Waals surface area contributed by atoms with Gasteiger partial charge in [-0.15, -0.1) is 11.8 Å². The monoisotopic (exact) mass is 398 g/mol. The molecule has 0 bridgehead atoms. The van der Waals surface area contributed by atoms with E-state index in [-0.39, 0.29) is 17.9 Å². The maximum absolute atomic E-state index is 13.1. The van der Waals surface area contributed by atoms with Crippen molar-refractivity contribution in [1.82, 2.24) is 10.2 Å². The normalized spacial score (nSPS) is 12.8. The Morgan fingerprint density at radius 2 is 1.57 bits per heavy atom. The first kappa shape index (κ1) is 22.0. The molecule has 0 aliphatic carbocycles. The second-order valence-electron chi connectivity index (χ2n) is 6.85. The zero-order chi connectivity index (χ0) is 20.4. The lowest BCUT2D eigenvalue weighted by molar-refractivity contribution is -0.139. The van der Waals surface area contributed by atoms with Gasteiger partial charge in [0.15, 0.2) is 0 Å². The summed E-state index contributed by atoms with van der Waals surface area (Å²) in [6.07, 6.45) is 1.44. The summed E-state index contributed by atoms with van der Waals surface area (Å²) in [5, 5.41) is 3.04. The van der Waals surface area contributed by atoms with Crippen LogP contribution in [0.5, 0.6) is 0 Å². The molecule has 0 spiro atoms. The molecule has 4 nitrogen and oxygen atoms in total. The third-order valence-corrected chi connectivity index (χ3v) is 5.68. The van der Waals surface area contributed by atoms with Gasteiger partial charge in [0.1, 0.15) is 6.04 Å². The van der Waals surface area contributed by atoms with Crippen LogP contribution in [0.2, 0.25) is 0 Å². The fraction of sp³-hybridized carbons (Fsp3) is 0.391. The zero-order valence-electron chi connectivity index (χ0n) is 16.9. The standard InChI is InChI=1S/C23H30N2O2S/c1-4-18(3)24-23(27)21(5-2)25(16-19-12-8-6-9-13-19)22(26)17-28-20-14-10-7-11-15-20/h6-15,18,21H,4-5,16-17H2,1-3H3,(H,24,27)/t18-,21-/m0/s1. The van der Waals surface area contributed by atoms with Gasteiger partial charge in [-0.3, -0.25) is 9.59 Å². The van der Waals surface area contributed by atoms with E-state index in [2.05, 4.69) is 5.32 Å². The largest absolute Gasteiger partial charge is 0.352 e. The van der Waals surface area contributed by atoms with E-state index in [4.69, 9.17) is 0 Å². The van der Waals surface area contributed by atoms with Gasteiger partial charge in [-0.1, -0.05) is 62.4 Å². The lowest BCUT2D eigenvalue weighted by Crippen LogP contribution is -2.51. The number of carbonyl (C=O) groups excluding carboxylic acids is 2. The zero-order valence-corrected chi connectivity index (χ0v) is 17.7. The molecule has 2 atom stereocenters. The molecule has 2 aromatic carbocycles. The van der Waals surface area contributed by atoms with Crippen LogP contribution in [-0.2, 0) is 16.1 Å². The molecule has 0 fully saturated rings. The number of carbonyl (C=O) groups is 2. The van der Waals surface area contributed by atoms with Gasteiger partial charge in [-0.25, -0.2) is 0 Å². The van der Waals surface area contributed by atoms with Crippen molar-refractivity contribution in [2.75, 3.05) is 5.75 Å². The molecule has 2 aromatic rings. The van der Waals surface area contributed by atoms with Crippen molar-refractivity contribution in [3.8, 4) is 0 Å². The second-order valence-corrected chi connectivity index (χ2v) is 7.90. The molecular formula is C23H30N2O2S. The molecule has 0 heterocycles. The second kappa shape index (κ2) is 11.5. The summed E-state index contributed by atoms with van der Waals surface area (Å²) in [6, 6.07) is 19.3. The highest BCUT2D eigenvalue weighted by Crippen LogP contribution is 2.20. The first-order valence-electron chi connectivity index (χ1n) is 9.86. The molecule has 0 aliphatic heterocycles. The van der Waals surface area contributed by atoms with Crippen molar-refractivity contribution in [3.63, 3.8) is 0 Å². The van der Waals surface area contributed by atoms with Crippen LogP contribution in [0.15, 0.2) is 65.6 Å². The molecule has 1 N–H and O–H groups in total. The minimum absolute atomic E-state index is 0.0242. The highest BCUT2D eigenvalue weighted by Gasteiger charge is 2.29. The summed E-state index contributed by atoms with van der Waals surface area (Å²) in [5.74, 6) is 0.207. The van der Waals surface area contributed by atoms with Crippen molar-refractivity contribution in [1.29, 1.82) is 0 Å². The number of nitrogens with zero attached hydrogens (tertiary/aromatic N) is 1. The van der Waals surface area contributed by atoms with Gasteiger partial charge >= 0.3 is 0 Å². The molecule has 28 heavy (non-hydrogen) atoms. The summed E-state index contributed by atoms with van der Waals surface area (Å²) in [4.78, 5) is 28.7. The minimum atomic E-state index is -0.474. The molecule has 0 saturated heterocycles. The predicted molar refractivity (Wildman–Crippen MR) is 116 cm³/mol. The van der Waals surface area contributed by atoms with Crippen LogP contribution in [-0.4, -0.2) is 34.6 Å². The van der Waals surface area contributed by atoms with E-state index in [0.29, 0.717) is 18.7 Å².